The average Bonchev–Trinajstić information content (AvgIpc) is 2.73. The SMILES string of the molecule is CC(NC1CC=CC1)C1CC1. The molecule has 1 fully saturated rings. The highest BCUT2D eigenvalue weighted by Gasteiger charge is 2.29. The molecule has 0 heterocycles. The third-order valence-corrected chi connectivity index (χ3v) is 2.84. The van der Waals surface area contributed by atoms with Gasteiger partial charge in [0, 0.05) is 12.1 Å². The normalized spacial score (nSPS) is 27.7. The maximum Gasteiger partial charge on any atom is 0.0139 e. The fourth-order valence-electron chi connectivity index (χ4n) is 1.86. The maximum absolute atomic E-state index is 3.68. The van der Waals surface area contributed by atoms with Gasteiger partial charge in [-0.2, -0.15) is 0 Å². The number of rotatable bonds is 3. The van der Waals surface area contributed by atoms with E-state index in [-0.39, 0.29) is 0 Å². The van der Waals surface area contributed by atoms with Crippen LogP contribution in [0.25, 0.3) is 0 Å². The molecular formula is C10H17N. The van der Waals surface area contributed by atoms with Crippen LogP contribution in [0.1, 0.15) is 32.6 Å². The van der Waals surface area contributed by atoms with Gasteiger partial charge in [0.2, 0.25) is 0 Å². The largest absolute Gasteiger partial charge is 0.311 e. The molecule has 1 unspecified atom stereocenters. The van der Waals surface area contributed by atoms with Gasteiger partial charge in [0.15, 0.2) is 0 Å². The molecule has 1 saturated carbocycles. The van der Waals surface area contributed by atoms with E-state index in [0.29, 0.717) is 0 Å². The summed E-state index contributed by atoms with van der Waals surface area (Å²) in [6.45, 7) is 2.33. The lowest BCUT2D eigenvalue weighted by atomic mass is 10.1. The quantitative estimate of drug-likeness (QED) is 0.609. The molecule has 11 heavy (non-hydrogen) atoms. The Labute approximate surface area is 68.9 Å². The van der Waals surface area contributed by atoms with Crippen LogP contribution in [-0.4, -0.2) is 12.1 Å². The Balaban J connectivity index is 1.71. The van der Waals surface area contributed by atoms with Gasteiger partial charge in [0.1, 0.15) is 0 Å². The van der Waals surface area contributed by atoms with Crippen molar-refractivity contribution in [3.8, 4) is 0 Å². The highest BCUT2D eigenvalue weighted by molar-refractivity contribution is 4.99. The van der Waals surface area contributed by atoms with Crippen molar-refractivity contribution in [2.75, 3.05) is 0 Å². The number of hydrogen-bond acceptors (Lipinski definition) is 1. The van der Waals surface area contributed by atoms with Crippen LogP contribution in [-0.2, 0) is 0 Å². The minimum atomic E-state index is 0.755. The Morgan fingerprint density at radius 3 is 2.45 bits per heavy atom. The smallest absolute Gasteiger partial charge is 0.0139 e. The molecule has 0 aromatic rings. The van der Waals surface area contributed by atoms with Gasteiger partial charge in [-0.25, -0.2) is 0 Å². The molecule has 0 aliphatic heterocycles. The van der Waals surface area contributed by atoms with Crippen molar-refractivity contribution >= 4 is 0 Å². The molecule has 0 aromatic carbocycles. The maximum atomic E-state index is 3.68. The zero-order valence-electron chi connectivity index (χ0n) is 7.22. The Kier molecular flexibility index (Phi) is 1.99. The van der Waals surface area contributed by atoms with Crippen molar-refractivity contribution in [2.24, 2.45) is 5.92 Å². The minimum absolute atomic E-state index is 0.755. The molecule has 2 aliphatic carbocycles. The molecule has 0 radical (unpaired) electrons. The van der Waals surface area contributed by atoms with Crippen molar-refractivity contribution in [3.05, 3.63) is 12.2 Å². The van der Waals surface area contributed by atoms with Crippen molar-refractivity contribution in [3.63, 3.8) is 0 Å². The molecule has 1 N–H and O–H groups in total. The predicted molar refractivity (Wildman–Crippen MR) is 47.5 cm³/mol. The van der Waals surface area contributed by atoms with Crippen LogP contribution in [0.5, 0.6) is 0 Å². The highest BCUT2D eigenvalue weighted by atomic mass is 15.0. The molecule has 1 atom stereocenters. The van der Waals surface area contributed by atoms with E-state index in [1.54, 1.807) is 0 Å². The minimum Gasteiger partial charge on any atom is -0.311 e. The zero-order valence-corrected chi connectivity index (χ0v) is 7.22. The van der Waals surface area contributed by atoms with E-state index in [4.69, 9.17) is 0 Å². The lowest BCUT2D eigenvalue weighted by Gasteiger charge is -2.18. The molecule has 0 amide bonds. The topological polar surface area (TPSA) is 12.0 Å². The first-order chi connectivity index (χ1) is 5.36. The van der Waals surface area contributed by atoms with Gasteiger partial charge in [0.05, 0.1) is 0 Å². The standard InChI is InChI=1S/C10H17N/c1-8(9-6-7-9)11-10-4-2-3-5-10/h2-3,8-11H,4-7H2,1H3. The Bertz CT molecular complexity index is 150. The van der Waals surface area contributed by atoms with E-state index in [1.165, 1.54) is 25.7 Å². The second-order valence-electron chi connectivity index (χ2n) is 3.93. The number of hydrogen-bond donors (Lipinski definition) is 1. The molecule has 0 spiro atoms. The van der Waals surface area contributed by atoms with Crippen LogP contribution in [0.2, 0.25) is 0 Å². The summed E-state index contributed by atoms with van der Waals surface area (Å²) in [5, 5.41) is 3.68. The van der Waals surface area contributed by atoms with Crippen molar-refractivity contribution < 1.29 is 0 Å². The molecule has 0 saturated heterocycles. The fraction of sp³-hybridized carbons (Fsp3) is 0.800. The van der Waals surface area contributed by atoms with Gasteiger partial charge >= 0.3 is 0 Å². The molecule has 0 aromatic heterocycles. The first kappa shape index (κ1) is 7.35. The molecule has 1 heteroatoms. The van der Waals surface area contributed by atoms with Crippen LogP contribution >= 0.6 is 0 Å². The number of nitrogens with one attached hydrogen (secondary N) is 1. The second-order valence-corrected chi connectivity index (χ2v) is 3.93. The highest BCUT2D eigenvalue weighted by Crippen LogP contribution is 2.32. The predicted octanol–water partition coefficient (Wildman–Crippen LogP) is 2.09. The molecule has 1 nitrogen and oxygen atoms in total. The van der Waals surface area contributed by atoms with Crippen molar-refractivity contribution in [1.29, 1.82) is 0 Å². The van der Waals surface area contributed by atoms with E-state index in [0.717, 1.165) is 18.0 Å². The van der Waals surface area contributed by atoms with Gasteiger partial charge in [-0.1, -0.05) is 12.2 Å². The van der Waals surface area contributed by atoms with Crippen LogP contribution in [0.4, 0.5) is 0 Å². The summed E-state index contributed by atoms with van der Waals surface area (Å²) < 4.78 is 0. The molecule has 62 valence electrons. The van der Waals surface area contributed by atoms with Gasteiger partial charge in [-0.15, -0.1) is 0 Å². The van der Waals surface area contributed by atoms with Gasteiger partial charge in [-0.05, 0) is 38.5 Å². The Morgan fingerprint density at radius 1 is 1.27 bits per heavy atom. The fourth-order valence-corrected chi connectivity index (χ4v) is 1.86. The summed E-state index contributed by atoms with van der Waals surface area (Å²) in [6.07, 6.45) is 9.98. The summed E-state index contributed by atoms with van der Waals surface area (Å²) in [5.41, 5.74) is 0. The lowest BCUT2D eigenvalue weighted by Crippen LogP contribution is -2.36. The van der Waals surface area contributed by atoms with Crippen LogP contribution in [0.15, 0.2) is 12.2 Å². The van der Waals surface area contributed by atoms with Gasteiger partial charge in [-0.3, -0.25) is 0 Å². The van der Waals surface area contributed by atoms with Gasteiger partial charge in [0.25, 0.3) is 0 Å². The molecule has 2 aliphatic rings. The summed E-state index contributed by atoms with van der Waals surface area (Å²) >= 11 is 0. The van der Waals surface area contributed by atoms with Crippen LogP contribution in [0.3, 0.4) is 0 Å². The third-order valence-electron chi connectivity index (χ3n) is 2.84. The molecule has 0 bridgehead atoms. The first-order valence-corrected chi connectivity index (χ1v) is 4.77. The van der Waals surface area contributed by atoms with Gasteiger partial charge < -0.3 is 5.32 Å². The van der Waals surface area contributed by atoms with E-state index in [2.05, 4.69) is 24.4 Å². The van der Waals surface area contributed by atoms with Crippen LogP contribution < -0.4 is 5.32 Å². The average molecular weight is 151 g/mol. The Hall–Kier alpha value is -0.300. The summed E-state index contributed by atoms with van der Waals surface area (Å²) in [6, 6.07) is 1.52. The summed E-state index contributed by atoms with van der Waals surface area (Å²) in [7, 11) is 0. The summed E-state index contributed by atoms with van der Waals surface area (Å²) in [5.74, 6) is 0.996. The van der Waals surface area contributed by atoms with E-state index in [1.807, 2.05) is 0 Å². The van der Waals surface area contributed by atoms with E-state index in [9.17, 15) is 0 Å². The first-order valence-electron chi connectivity index (χ1n) is 4.77. The third kappa shape index (κ3) is 1.84. The zero-order chi connectivity index (χ0) is 7.68. The van der Waals surface area contributed by atoms with Crippen LogP contribution in [0, 0.1) is 5.92 Å². The van der Waals surface area contributed by atoms with Crippen molar-refractivity contribution in [2.45, 2.75) is 44.7 Å². The van der Waals surface area contributed by atoms with Crippen molar-refractivity contribution in [1.82, 2.24) is 5.32 Å². The second kappa shape index (κ2) is 2.98. The Morgan fingerprint density at radius 2 is 1.91 bits per heavy atom. The summed E-state index contributed by atoms with van der Waals surface area (Å²) in [4.78, 5) is 0. The molecular weight excluding hydrogens is 134 g/mol. The lowest BCUT2D eigenvalue weighted by molar-refractivity contribution is 0.426. The molecule has 2 rings (SSSR count). The monoisotopic (exact) mass is 151 g/mol. The van der Waals surface area contributed by atoms with E-state index < -0.39 is 0 Å². The van der Waals surface area contributed by atoms with E-state index >= 15 is 0 Å².